The molecule has 1 atom stereocenters. The van der Waals surface area contributed by atoms with Crippen LogP contribution in [-0.4, -0.2) is 42.2 Å². The topological polar surface area (TPSA) is 34.2 Å². The molecule has 4 aliphatic heterocycles. The number of anilines is 1. The minimum absolute atomic E-state index is 0.248. The Kier molecular flexibility index (Phi) is 5.51. The largest absolute Gasteiger partial charge is 0.495 e. The number of methoxy groups -OCH3 is 1. The summed E-state index contributed by atoms with van der Waals surface area (Å²) >= 11 is 20.3. The summed E-state index contributed by atoms with van der Waals surface area (Å²) < 4.78 is 15.6. The number of fused-ring (bicyclic) bond motifs is 5. The second-order valence-corrected chi connectivity index (χ2v) is 11.9. The van der Waals surface area contributed by atoms with Crippen LogP contribution in [0.5, 0.6) is 17.2 Å². The van der Waals surface area contributed by atoms with Gasteiger partial charge in [0.2, 0.25) is 10.6 Å². The molecule has 1 fully saturated rings. The first-order valence-electron chi connectivity index (χ1n) is 11.8. The van der Waals surface area contributed by atoms with Gasteiger partial charge in [0.1, 0.15) is 11.8 Å². The zero-order valence-electron chi connectivity index (χ0n) is 19.2. The van der Waals surface area contributed by atoms with E-state index in [0.29, 0.717) is 5.92 Å². The highest BCUT2D eigenvalue weighted by Gasteiger charge is 2.46. The highest BCUT2D eigenvalue weighted by Crippen LogP contribution is 2.56. The average molecular weight is 522 g/mol. The molecule has 4 heterocycles. The Balaban J connectivity index is 1.55. The molecule has 0 aliphatic carbocycles. The minimum Gasteiger partial charge on any atom is -0.495 e. The number of ether oxygens (including phenoxy) is 3. The molecule has 8 heteroatoms. The van der Waals surface area contributed by atoms with Crippen molar-refractivity contribution < 1.29 is 14.2 Å². The van der Waals surface area contributed by atoms with Gasteiger partial charge in [0, 0.05) is 36.5 Å². The van der Waals surface area contributed by atoms with E-state index in [1.165, 1.54) is 5.56 Å². The number of piperidine rings is 1. The van der Waals surface area contributed by atoms with Crippen LogP contribution in [0.4, 0.5) is 5.69 Å². The summed E-state index contributed by atoms with van der Waals surface area (Å²) in [6, 6.07) is 7.82. The van der Waals surface area contributed by atoms with E-state index in [2.05, 4.69) is 41.0 Å². The smallest absolute Gasteiger partial charge is 0.231 e. The number of hydrogen-bond donors (Lipinski definition) is 0. The molecule has 0 N–H and O–H groups in total. The fourth-order valence-electron chi connectivity index (χ4n) is 5.76. The first-order chi connectivity index (χ1) is 16.3. The van der Waals surface area contributed by atoms with Crippen LogP contribution in [0.3, 0.4) is 0 Å². The second-order valence-electron chi connectivity index (χ2n) is 9.57. The van der Waals surface area contributed by atoms with Gasteiger partial charge in [-0.15, -0.1) is 0 Å². The van der Waals surface area contributed by atoms with E-state index in [1.807, 2.05) is 6.07 Å². The molecule has 2 aromatic rings. The normalized spacial score (nSPS) is 21.6. The molecular weight excluding hydrogens is 495 g/mol. The predicted octanol–water partition coefficient (Wildman–Crippen LogP) is 6.44. The summed E-state index contributed by atoms with van der Waals surface area (Å²) in [5, 5.41) is 0. The van der Waals surface area contributed by atoms with Crippen molar-refractivity contribution in [2.75, 3.05) is 38.4 Å². The molecule has 4 aliphatic rings. The molecule has 0 unspecified atom stereocenters. The number of hydrogen-bond acceptors (Lipinski definition) is 5. The molecule has 0 radical (unpaired) electrons. The SMILES string of the molecule is COc1ccc2c(c1N1CCC(C)CC1)[C@@H](C(Cl)(Cl)Cl)N1CCc3cc4c(cc3C1=C2)OCO4. The molecule has 6 rings (SSSR count). The molecule has 0 aromatic heterocycles. The summed E-state index contributed by atoms with van der Waals surface area (Å²) in [4.78, 5) is 4.66. The minimum atomic E-state index is -1.54. The van der Waals surface area contributed by atoms with Crippen LogP contribution >= 0.6 is 34.8 Å². The number of benzene rings is 2. The van der Waals surface area contributed by atoms with Crippen molar-refractivity contribution in [3.63, 3.8) is 0 Å². The zero-order valence-corrected chi connectivity index (χ0v) is 21.5. The van der Waals surface area contributed by atoms with Crippen LogP contribution < -0.4 is 19.1 Å². The van der Waals surface area contributed by atoms with Gasteiger partial charge in [0.25, 0.3) is 0 Å². The number of alkyl halides is 3. The number of nitrogens with zero attached hydrogens (tertiary/aromatic N) is 2. The lowest BCUT2D eigenvalue weighted by atomic mass is 9.85. The highest BCUT2D eigenvalue weighted by molar-refractivity contribution is 6.68. The van der Waals surface area contributed by atoms with E-state index in [-0.39, 0.29) is 6.79 Å². The monoisotopic (exact) mass is 520 g/mol. The van der Waals surface area contributed by atoms with Crippen LogP contribution in [0.15, 0.2) is 24.3 Å². The highest BCUT2D eigenvalue weighted by atomic mass is 35.6. The first kappa shape index (κ1) is 22.5. The lowest BCUT2D eigenvalue weighted by Crippen LogP contribution is -2.43. The van der Waals surface area contributed by atoms with Gasteiger partial charge in [-0.3, -0.25) is 0 Å². The zero-order chi connectivity index (χ0) is 23.6. The van der Waals surface area contributed by atoms with Gasteiger partial charge >= 0.3 is 0 Å². The molecule has 0 bridgehead atoms. The Bertz CT molecular complexity index is 1170. The van der Waals surface area contributed by atoms with E-state index in [0.717, 1.165) is 84.2 Å². The van der Waals surface area contributed by atoms with Gasteiger partial charge in [-0.05, 0) is 60.6 Å². The lowest BCUT2D eigenvalue weighted by Gasteiger charge is -2.47. The van der Waals surface area contributed by atoms with E-state index in [9.17, 15) is 0 Å². The van der Waals surface area contributed by atoms with E-state index in [4.69, 9.17) is 49.0 Å². The summed E-state index contributed by atoms with van der Waals surface area (Å²) in [6.07, 6.45) is 5.32. The van der Waals surface area contributed by atoms with E-state index >= 15 is 0 Å². The van der Waals surface area contributed by atoms with Crippen LogP contribution in [0, 0.1) is 5.92 Å². The quantitative estimate of drug-likeness (QED) is 0.425. The maximum atomic E-state index is 6.77. The maximum Gasteiger partial charge on any atom is 0.231 e. The molecule has 1 saturated heterocycles. The molecule has 34 heavy (non-hydrogen) atoms. The molecule has 2 aromatic carbocycles. The van der Waals surface area contributed by atoms with Crippen molar-refractivity contribution in [1.29, 1.82) is 0 Å². The van der Waals surface area contributed by atoms with Crippen molar-refractivity contribution in [2.45, 2.75) is 36.0 Å². The Hall–Kier alpha value is -1.95. The molecule has 0 spiro atoms. The Morgan fingerprint density at radius 2 is 1.76 bits per heavy atom. The fraction of sp³-hybridized carbons (Fsp3) is 0.462. The van der Waals surface area contributed by atoms with Crippen LogP contribution in [0.25, 0.3) is 11.8 Å². The predicted molar refractivity (Wildman–Crippen MR) is 137 cm³/mol. The molecular formula is C26H27Cl3N2O3. The Labute approximate surface area is 215 Å². The third-order valence-electron chi connectivity index (χ3n) is 7.53. The Morgan fingerprint density at radius 3 is 2.47 bits per heavy atom. The number of halogens is 3. The first-order valence-corrected chi connectivity index (χ1v) is 12.9. The summed E-state index contributed by atoms with van der Waals surface area (Å²) in [5.41, 5.74) is 6.51. The van der Waals surface area contributed by atoms with Gasteiger partial charge in [-0.1, -0.05) is 47.8 Å². The van der Waals surface area contributed by atoms with Gasteiger partial charge in [-0.25, -0.2) is 0 Å². The standard InChI is InChI=1S/C26H27Cl3N2O3/c1-15-5-8-30(9-6-15)24-20(32-2)4-3-17-11-19-18-13-22-21(33-14-34-22)12-16(18)7-10-31(19)25(23(17)24)26(27,28)29/h3-4,11-13,15,25H,5-10,14H2,1-2H3/t25-/m0/s1. The van der Waals surface area contributed by atoms with Crippen LogP contribution in [0.2, 0.25) is 0 Å². The summed E-state index contributed by atoms with van der Waals surface area (Å²) in [5.74, 6) is 3.10. The van der Waals surface area contributed by atoms with Gasteiger partial charge in [0.15, 0.2) is 11.5 Å². The lowest BCUT2D eigenvalue weighted by molar-refractivity contribution is 0.174. The molecule has 180 valence electrons. The Morgan fingerprint density at radius 1 is 1.03 bits per heavy atom. The average Bonchev–Trinajstić information content (AvgIpc) is 3.28. The van der Waals surface area contributed by atoms with Crippen molar-refractivity contribution in [1.82, 2.24) is 4.90 Å². The third kappa shape index (κ3) is 3.59. The van der Waals surface area contributed by atoms with Crippen LogP contribution in [0.1, 0.15) is 48.1 Å². The van der Waals surface area contributed by atoms with Crippen molar-refractivity contribution in [2.24, 2.45) is 5.92 Å². The number of rotatable bonds is 2. The van der Waals surface area contributed by atoms with E-state index in [1.54, 1.807) is 7.11 Å². The fourth-order valence-corrected chi connectivity index (χ4v) is 6.44. The van der Waals surface area contributed by atoms with Gasteiger partial charge < -0.3 is 24.0 Å². The van der Waals surface area contributed by atoms with Gasteiger partial charge in [0.05, 0.1) is 12.8 Å². The summed E-state index contributed by atoms with van der Waals surface area (Å²) in [7, 11) is 1.71. The van der Waals surface area contributed by atoms with Crippen molar-refractivity contribution in [3.05, 3.63) is 46.5 Å². The second kappa shape index (κ2) is 8.32. The van der Waals surface area contributed by atoms with E-state index < -0.39 is 9.83 Å². The van der Waals surface area contributed by atoms with Crippen molar-refractivity contribution >= 4 is 52.3 Å². The van der Waals surface area contributed by atoms with Gasteiger partial charge in [-0.2, -0.15) is 0 Å². The third-order valence-corrected chi connectivity index (χ3v) is 8.15. The molecule has 0 saturated carbocycles. The molecule has 0 amide bonds. The summed E-state index contributed by atoms with van der Waals surface area (Å²) in [6.45, 7) is 5.22. The molecule has 5 nitrogen and oxygen atoms in total. The van der Waals surface area contributed by atoms with Crippen molar-refractivity contribution in [3.8, 4) is 17.2 Å². The van der Waals surface area contributed by atoms with Crippen LogP contribution in [-0.2, 0) is 6.42 Å². The maximum absolute atomic E-state index is 6.77.